The molecule has 0 unspecified atom stereocenters. The zero-order chi connectivity index (χ0) is 21.1. The fourth-order valence-corrected chi connectivity index (χ4v) is 4.11. The van der Waals surface area contributed by atoms with E-state index in [1.54, 1.807) is 18.0 Å². The van der Waals surface area contributed by atoms with Gasteiger partial charge in [-0.05, 0) is 47.7 Å². The Morgan fingerprint density at radius 2 is 1.60 bits per heavy atom. The van der Waals surface area contributed by atoms with E-state index in [2.05, 4.69) is 96.0 Å². The summed E-state index contributed by atoms with van der Waals surface area (Å²) in [7, 11) is 0. The Labute approximate surface area is 182 Å². The second-order valence-corrected chi connectivity index (χ2v) is 9.37. The van der Waals surface area contributed by atoms with E-state index in [1.807, 2.05) is 18.2 Å². The molecule has 0 aliphatic rings. The highest BCUT2D eigenvalue weighted by Crippen LogP contribution is 2.30. The average molecular weight is 415 g/mol. The standard InChI is InChI=1S/C25H26N4S/c1-18-8-14-21(15-9-18)29-23(22-7-5-6-16-26-22)27-28-24(29)30-17-19-10-12-20(13-11-19)25(2,3)4/h5-16H,17H2,1-4H3. The number of pyridine rings is 1. The van der Waals surface area contributed by atoms with Crippen LogP contribution in [0.25, 0.3) is 17.2 Å². The van der Waals surface area contributed by atoms with Crippen molar-refractivity contribution in [3.05, 3.63) is 89.6 Å². The fourth-order valence-electron chi connectivity index (χ4n) is 3.20. The van der Waals surface area contributed by atoms with Crippen LogP contribution in [0.5, 0.6) is 0 Å². The van der Waals surface area contributed by atoms with Crippen LogP contribution in [0, 0.1) is 6.92 Å². The molecular weight excluding hydrogens is 388 g/mol. The lowest BCUT2D eigenvalue weighted by molar-refractivity contribution is 0.590. The Balaban J connectivity index is 1.65. The molecule has 2 aromatic heterocycles. The van der Waals surface area contributed by atoms with Crippen molar-refractivity contribution in [1.82, 2.24) is 19.7 Å². The number of aryl methyl sites for hydroxylation is 1. The SMILES string of the molecule is Cc1ccc(-n2c(SCc3ccc(C(C)(C)C)cc3)nnc2-c2ccccn2)cc1. The molecule has 0 fully saturated rings. The lowest BCUT2D eigenvalue weighted by Gasteiger charge is -2.19. The summed E-state index contributed by atoms with van der Waals surface area (Å²) in [6, 6.07) is 23.1. The molecule has 0 spiro atoms. The Hall–Kier alpha value is -2.92. The Morgan fingerprint density at radius 3 is 2.23 bits per heavy atom. The molecule has 0 amide bonds. The van der Waals surface area contributed by atoms with Gasteiger partial charge in [-0.25, -0.2) is 0 Å². The van der Waals surface area contributed by atoms with Crippen molar-refractivity contribution in [2.24, 2.45) is 0 Å². The minimum atomic E-state index is 0.162. The summed E-state index contributed by atoms with van der Waals surface area (Å²) in [5, 5.41) is 9.83. The highest BCUT2D eigenvalue weighted by atomic mass is 32.2. The molecule has 0 saturated heterocycles. The van der Waals surface area contributed by atoms with Crippen LogP contribution in [-0.4, -0.2) is 19.7 Å². The second kappa shape index (κ2) is 8.44. The van der Waals surface area contributed by atoms with E-state index in [1.165, 1.54) is 16.7 Å². The minimum absolute atomic E-state index is 0.162. The van der Waals surface area contributed by atoms with Gasteiger partial charge in [0.2, 0.25) is 0 Å². The van der Waals surface area contributed by atoms with Crippen molar-refractivity contribution < 1.29 is 0 Å². The summed E-state index contributed by atoms with van der Waals surface area (Å²) < 4.78 is 2.09. The third kappa shape index (κ3) is 4.46. The van der Waals surface area contributed by atoms with Crippen LogP contribution >= 0.6 is 11.8 Å². The zero-order valence-electron chi connectivity index (χ0n) is 17.8. The lowest BCUT2D eigenvalue weighted by atomic mass is 9.87. The number of nitrogens with zero attached hydrogens (tertiary/aromatic N) is 4. The third-order valence-corrected chi connectivity index (χ3v) is 6.01. The molecule has 2 aromatic carbocycles. The molecule has 0 aliphatic heterocycles. The third-order valence-electron chi connectivity index (χ3n) is 5.01. The van der Waals surface area contributed by atoms with Crippen molar-refractivity contribution in [2.45, 2.75) is 44.0 Å². The van der Waals surface area contributed by atoms with Gasteiger partial charge in [0.05, 0.1) is 0 Å². The summed E-state index contributed by atoms with van der Waals surface area (Å²) in [6.45, 7) is 8.80. The van der Waals surface area contributed by atoms with Crippen molar-refractivity contribution in [3.8, 4) is 17.2 Å². The van der Waals surface area contributed by atoms with Gasteiger partial charge in [-0.1, -0.05) is 80.6 Å². The number of aromatic nitrogens is 4. The summed E-state index contributed by atoms with van der Waals surface area (Å²) in [6.07, 6.45) is 1.78. The van der Waals surface area contributed by atoms with E-state index in [4.69, 9.17) is 0 Å². The molecule has 0 bridgehead atoms. The monoisotopic (exact) mass is 414 g/mol. The van der Waals surface area contributed by atoms with E-state index < -0.39 is 0 Å². The average Bonchev–Trinajstić information content (AvgIpc) is 3.17. The van der Waals surface area contributed by atoms with Crippen molar-refractivity contribution in [3.63, 3.8) is 0 Å². The van der Waals surface area contributed by atoms with Gasteiger partial charge in [-0.15, -0.1) is 10.2 Å². The number of hydrogen-bond donors (Lipinski definition) is 0. The van der Waals surface area contributed by atoms with Gasteiger partial charge < -0.3 is 0 Å². The van der Waals surface area contributed by atoms with E-state index in [9.17, 15) is 0 Å². The summed E-state index contributed by atoms with van der Waals surface area (Å²) in [4.78, 5) is 4.48. The minimum Gasteiger partial charge on any atom is -0.269 e. The highest BCUT2D eigenvalue weighted by molar-refractivity contribution is 7.98. The largest absolute Gasteiger partial charge is 0.269 e. The summed E-state index contributed by atoms with van der Waals surface area (Å²) in [5.74, 6) is 1.58. The highest BCUT2D eigenvalue weighted by Gasteiger charge is 2.17. The number of hydrogen-bond acceptors (Lipinski definition) is 4. The fraction of sp³-hybridized carbons (Fsp3) is 0.240. The maximum Gasteiger partial charge on any atom is 0.196 e. The van der Waals surface area contributed by atoms with Crippen LogP contribution in [0.4, 0.5) is 0 Å². The molecule has 152 valence electrons. The first-order valence-electron chi connectivity index (χ1n) is 10.1. The van der Waals surface area contributed by atoms with Gasteiger partial charge >= 0.3 is 0 Å². The van der Waals surface area contributed by atoms with Gasteiger partial charge in [0, 0.05) is 17.6 Å². The summed E-state index contributed by atoms with van der Waals surface area (Å²) in [5.41, 5.74) is 5.85. The Morgan fingerprint density at radius 1 is 0.867 bits per heavy atom. The molecule has 4 rings (SSSR count). The van der Waals surface area contributed by atoms with E-state index in [0.717, 1.165) is 28.1 Å². The second-order valence-electron chi connectivity index (χ2n) is 8.43. The van der Waals surface area contributed by atoms with Crippen LogP contribution in [0.2, 0.25) is 0 Å². The van der Waals surface area contributed by atoms with Crippen LogP contribution in [0.1, 0.15) is 37.5 Å². The lowest BCUT2D eigenvalue weighted by Crippen LogP contribution is -2.10. The quantitative estimate of drug-likeness (QED) is 0.363. The van der Waals surface area contributed by atoms with Crippen LogP contribution in [0.15, 0.2) is 78.1 Å². The van der Waals surface area contributed by atoms with Crippen molar-refractivity contribution >= 4 is 11.8 Å². The molecule has 5 heteroatoms. The molecular formula is C25H26N4S. The molecule has 30 heavy (non-hydrogen) atoms. The molecule has 0 aliphatic carbocycles. The first-order chi connectivity index (χ1) is 14.4. The van der Waals surface area contributed by atoms with Crippen molar-refractivity contribution in [1.29, 1.82) is 0 Å². The van der Waals surface area contributed by atoms with Crippen LogP contribution < -0.4 is 0 Å². The topological polar surface area (TPSA) is 43.6 Å². The van der Waals surface area contributed by atoms with Gasteiger partial charge in [0.15, 0.2) is 11.0 Å². The predicted octanol–water partition coefficient (Wildman–Crippen LogP) is 6.23. The molecule has 2 heterocycles. The van der Waals surface area contributed by atoms with Crippen LogP contribution in [-0.2, 0) is 11.2 Å². The summed E-state index contributed by atoms with van der Waals surface area (Å²) >= 11 is 1.69. The first kappa shape index (κ1) is 20.4. The van der Waals surface area contributed by atoms with E-state index in [-0.39, 0.29) is 5.41 Å². The van der Waals surface area contributed by atoms with E-state index >= 15 is 0 Å². The number of rotatable bonds is 5. The van der Waals surface area contributed by atoms with E-state index in [0.29, 0.717) is 0 Å². The maximum atomic E-state index is 4.50. The maximum absolute atomic E-state index is 4.50. The van der Waals surface area contributed by atoms with Gasteiger partial charge in [0.25, 0.3) is 0 Å². The molecule has 0 radical (unpaired) electrons. The first-order valence-corrected chi connectivity index (χ1v) is 11.1. The van der Waals surface area contributed by atoms with Crippen molar-refractivity contribution in [2.75, 3.05) is 0 Å². The van der Waals surface area contributed by atoms with Gasteiger partial charge in [-0.2, -0.15) is 0 Å². The normalized spacial score (nSPS) is 11.6. The Bertz CT molecular complexity index is 1110. The molecule has 0 N–H and O–H groups in total. The zero-order valence-corrected chi connectivity index (χ0v) is 18.6. The predicted molar refractivity (Wildman–Crippen MR) is 124 cm³/mol. The van der Waals surface area contributed by atoms with Crippen LogP contribution in [0.3, 0.4) is 0 Å². The molecule has 4 aromatic rings. The number of benzene rings is 2. The van der Waals surface area contributed by atoms with Gasteiger partial charge in [0.1, 0.15) is 5.69 Å². The van der Waals surface area contributed by atoms with Gasteiger partial charge in [-0.3, -0.25) is 9.55 Å². The molecule has 4 nitrogen and oxygen atoms in total. The smallest absolute Gasteiger partial charge is 0.196 e. The Kier molecular flexibility index (Phi) is 5.73. The molecule has 0 atom stereocenters. The number of thioether (sulfide) groups is 1. The molecule has 0 saturated carbocycles.